The number of halogens is 3. The van der Waals surface area contributed by atoms with Crippen LogP contribution in [0.4, 0.5) is 19.0 Å². The molecule has 0 bridgehead atoms. The Morgan fingerprint density at radius 1 is 1.23 bits per heavy atom. The highest BCUT2D eigenvalue weighted by molar-refractivity contribution is 5.94. The number of amides is 1. The predicted molar refractivity (Wildman–Crippen MR) is 74.0 cm³/mol. The lowest BCUT2D eigenvalue weighted by molar-refractivity contribution is -0.116. The molecular formula is C15H14F3N3O. The Morgan fingerprint density at radius 3 is 2.64 bits per heavy atom. The summed E-state index contributed by atoms with van der Waals surface area (Å²) in [4.78, 5) is 11.9. The van der Waals surface area contributed by atoms with Gasteiger partial charge in [-0.1, -0.05) is 6.07 Å². The molecule has 4 nitrogen and oxygen atoms in total. The van der Waals surface area contributed by atoms with Crippen molar-refractivity contribution in [2.24, 2.45) is 0 Å². The Bertz CT molecular complexity index is 755. The number of anilines is 1. The van der Waals surface area contributed by atoms with Crippen LogP contribution in [0, 0.1) is 17.5 Å². The van der Waals surface area contributed by atoms with E-state index in [1.807, 2.05) is 13.8 Å². The first kappa shape index (κ1) is 14.6. The van der Waals surface area contributed by atoms with E-state index in [0.29, 0.717) is 11.4 Å². The molecule has 1 aromatic carbocycles. The van der Waals surface area contributed by atoms with Crippen LogP contribution in [0.25, 0.3) is 0 Å². The Kier molecular flexibility index (Phi) is 3.42. The first-order valence-corrected chi connectivity index (χ1v) is 6.90. The molecule has 0 fully saturated rings. The minimum Gasteiger partial charge on any atom is -0.311 e. The summed E-state index contributed by atoms with van der Waals surface area (Å²) in [6, 6.07) is 2.04. The number of carbonyl (C=O) groups excluding carboxylic acids is 1. The molecule has 1 N–H and O–H groups in total. The van der Waals surface area contributed by atoms with Gasteiger partial charge < -0.3 is 5.32 Å². The van der Waals surface area contributed by atoms with E-state index in [4.69, 9.17) is 0 Å². The van der Waals surface area contributed by atoms with Crippen LogP contribution in [0.15, 0.2) is 18.3 Å². The van der Waals surface area contributed by atoms with Gasteiger partial charge in [-0.05, 0) is 25.5 Å². The van der Waals surface area contributed by atoms with Crippen LogP contribution < -0.4 is 5.32 Å². The van der Waals surface area contributed by atoms with E-state index in [0.717, 1.165) is 6.07 Å². The summed E-state index contributed by atoms with van der Waals surface area (Å²) in [6.07, 6.45) is 1.49. The minimum atomic E-state index is -1.53. The SMILES string of the molecule is CC(C)n1ncc2c1NC(=O)C[C@H]2c1ccc(F)c(F)c1F. The first-order valence-electron chi connectivity index (χ1n) is 6.90. The summed E-state index contributed by atoms with van der Waals surface area (Å²) < 4.78 is 42.2. The predicted octanol–water partition coefficient (Wildman–Crippen LogP) is 3.36. The van der Waals surface area contributed by atoms with Crippen LogP contribution in [-0.4, -0.2) is 15.7 Å². The standard InChI is InChI=1S/C15H14F3N3O/c1-7(2)21-15-10(6-19-21)9(5-12(22)20-15)8-3-4-11(16)14(18)13(8)17/h3-4,6-7,9H,5H2,1-2H3,(H,20,22)/t9-/m0/s1. The third-order valence-corrected chi connectivity index (χ3v) is 3.78. The van der Waals surface area contributed by atoms with Crippen molar-refractivity contribution in [1.82, 2.24) is 9.78 Å². The molecule has 1 aliphatic rings. The van der Waals surface area contributed by atoms with Crippen LogP contribution in [0.1, 0.15) is 43.4 Å². The van der Waals surface area contributed by atoms with Gasteiger partial charge in [-0.2, -0.15) is 5.10 Å². The number of hydrogen-bond acceptors (Lipinski definition) is 2. The molecule has 0 saturated heterocycles. The highest BCUT2D eigenvalue weighted by atomic mass is 19.2. The maximum atomic E-state index is 14.1. The van der Waals surface area contributed by atoms with Crippen LogP contribution in [0.2, 0.25) is 0 Å². The summed E-state index contributed by atoms with van der Waals surface area (Å²) in [5, 5.41) is 6.90. The zero-order valence-corrected chi connectivity index (χ0v) is 12.0. The zero-order valence-electron chi connectivity index (χ0n) is 12.0. The Labute approximate surface area is 124 Å². The van der Waals surface area contributed by atoms with E-state index in [9.17, 15) is 18.0 Å². The number of aromatic nitrogens is 2. The fraction of sp³-hybridized carbons (Fsp3) is 0.333. The number of carbonyl (C=O) groups is 1. The molecule has 2 heterocycles. The van der Waals surface area contributed by atoms with Crippen LogP contribution in [0.3, 0.4) is 0 Å². The molecule has 0 spiro atoms. The molecule has 1 aliphatic heterocycles. The van der Waals surface area contributed by atoms with E-state index >= 15 is 0 Å². The largest absolute Gasteiger partial charge is 0.311 e. The minimum absolute atomic E-state index is 0.00222. The fourth-order valence-corrected chi connectivity index (χ4v) is 2.72. The molecule has 0 saturated carbocycles. The molecule has 0 radical (unpaired) electrons. The highest BCUT2D eigenvalue weighted by Gasteiger charge is 2.33. The van der Waals surface area contributed by atoms with E-state index in [-0.39, 0.29) is 23.9 Å². The van der Waals surface area contributed by atoms with Gasteiger partial charge in [0.15, 0.2) is 17.5 Å². The topological polar surface area (TPSA) is 46.9 Å². The van der Waals surface area contributed by atoms with Gasteiger partial charge in [0.2, 0.25) is 5.91 Å². The lowest BCUT2D eigenvalue weighted by Crippen LogP contribution is -2.26. The second kappa shape index (κ2) is 5.15. The molecule has 1 amide bonds. The van der Waals surface area contributed by atoms with Gasteiger partial charge in [-0.25, -0.2) is 17.9 Å². The van der Waals surface area contributed by atoms with Crippen LogP contribution >= 0.6 is 0 Å². The van der Waals surface area contributed by atoms with E-state index < -0.39 is 23.4 Å². The molecule has 1 aromatic heterocycles. The van der Waals surface area contributed by atoms with Gasteiger partial charge in [-0.3, -0.25) is 4.79 Å². The number of nitrogens with one attached hydrogen (secondary N) is 1. The Morgan fingerprint density at radius 2 is 1.95 bits per heavy atom. The van der Waals surface area contributed by atoms with E-state index in [1.165, 1.54) is 12.3 Å². The molecular weight excluding hydrogens is 295 g/mol. The lowest BCUT2D eigenvalue weighted by atomic mass is 9.87. The Balaban J connectivity index is 2.14. The molecule has 0 aliphatic carbocycles. The summed E-state index contributed by atoms with van der Waals surface area (Å²) in [7, 11) is 0. The number of hydrogen-bond donors (Lipinski definition) is 1. The molecule has 0 unspecified atom stereocenters. The monoisotopic (exact) mass is 309 g/mol. The van der Waals surface area contributed by atoms with Gasteiger partial charge in [0, 0.05) is 23.9 Å². The molecule has 7 heteroatoms. The van der Waals surface area contributed by atoms with Crippen LogP contribution in [-0.2, 0) is 4.79 Å². The van der Waals surface area contributed by atoms with Crippen molar-refractivity contribution in [3.05, 3.63) is 46.9 Å². The van der Waals surface area contributed by atoms with Crippen molar-refractivity contribution < 1.29 is 18.0 Å². The van der Waals surface area contributed by atoms with E-state index in [1.54, 1.807) is 4.68 Å². The van der Waals surface area contributed by atoms with Gasteiger partial charge in [-0.15, -0.1) is 0 Å². The van der Waals surface area contributed by atoms with Crippen molar-refractivity contribution in [2.45, 2.75) is 32.2 Å². The van der Waals surface area contributed by atoms with Crippen LogP contribution in [0.5, 0.6) is 0 Å². The number of nitrogens with zero attached hydrogens (tertiary/aromatic N) is 2. The lowest BCUT2D eigenvalue weighted by Gasteiger charge is -2.25. The summed E-state index contributed by atoms with van der Waals surface area (Å²) in [5.41, 5.74) is 0.552. The van der Waals surface area contributed by atoms with Crippen molar-refractivity contribution in [2.75, 3.05) is 5.32 Å². The van der Waals surface area contributed by atoms with Crippen molar-refractivity contribution in [1.29, 1.82) is 0 Å². The average molecular weight is 309 g/mol. The normalized spacial score (nSPS) is 17.5. The van der Waals surface area contributed by atoms with Crippen molar-refractivity contribution in [3.8, 4) is 0 Å². The number of rotatable bonds is 2. The third kappa shape index (κ3) is 2.17. The summed E-state index contributed by atoms with van der Waals surface area (Å²) in [5.74, 6) is -4.57. The zero-order chi connectivity index (χ0) is 16.0. The fourth-order valence-electron chi connectivity index (χ4n) is 2.72. The average Bonchev–Trinajstić information content (AvgIpc) is 2.88. The summed E-state index contributed by atoms with van der Waals surface area (Å²) >= 11 is 0. The van der Waals surface area contributed by atoms with Crippen molar-refractivity contribution >= 4 is 11.7 Å². The smallest absolute Gasteiger partial charge is 0.226 e. The van der Waals surface area contributed by atoms with E-state index in [2.05, 4.69) is 10.4 Å². The molecule has 1 atom stereocenters. The number of benzene rings is 1. The van der Waals surface area contributed by atoms with Gasteiger partial charge in [0.1, 0.15) is 5.82 Å². The highest BCUT2D eigenvalue weighted by Crippen LogP contribution is 2.39. The molecule has 2 aromatic rings. The number of fused-ring (bicyclic) bond motifs is 1. The van der Waals surface area contributed by atoms with Gasteiger partial charge >= 0.3 is 0 Å². The molecule has 116 valence electrons. The second-order valence-electron chi connectivity index (χ2n) is 5.56. The van der Waals surface area contributed by atoms with Gasteiger partial charge in [0.25, 0.3) is 0 Å². The quantitative estimate of drug-likeness (QED) is 0.865. The Hall–Kier alpha value is -2.31. The first-order chi connectivity index (χ1) is 10.4. The van der Waals surface area contributed by atoms with Gasteiger partial charge in [0.05, 0.1) is 6.20 Å². The maximum Gasteiger partial charge on any atom is 0.226 e. The molecule has 3 rings (SSSR count). The third-order valence-electron chi connectivity index (χ3n) is 3.78. The second-order valence-corrected chi connectivity index (χ2v) is 5.56. The summed E-state index contributed by atoms with van der Waals surface area (Å²) in [6.45, 7) is 3.78. The maximum absolute atomic E-state index is 14.1. The molecule has 22 heavy (non-hydrogen) atoms. The van der Waals surface area contributed by atoms with Crippen molar-refractivity contribution in [3.63, 3.8) is 0 Å².